The number of rotatable bonds is 17. The lowest BCUT2D eigenvalue weighted by Crippen LogP contribution is -2.45. The van der Waals surface area contributed by atoms with E-state index in [1.807, 2.05) is 56.3 Å². The van der Waals surface area contributed by atoms with Crippen LogP contribution in [0.1, 0.15) is 97.7 Å². The first kappa shape index (κ1) is 39.9. The van der Waals surface area contributed by atoms with Crippen LogP contribution in [0.3, 0.4) is 0 Å². The van der Waals surface area contributed by atoms with Gasteiger partial charge in [0.25, 0.3) is 11.8 Å². The van der Waals surface area contributed by atoms with E-state index in [4.69, 9.17) is 10.2 Å². The smallest absolute Gasteiger partial charge is 0.335 e. The number of nitrogens with zero attached hydrogens (tertiary/aromatic N) is 2. The highest BCUT2D eigenvalue weighted by atomic mass is 32.1. The van der Waals surface area contributed by atoms with Crippen LogP contribution in [0, 0.1) is 0 Å². The molecule has 0 radical (unpaired) electrons. The maximum Gasteiger partial charge on any atom is 0.335 e. The zero-order valence-corrected chi connectivity index (χ0v) is 31.8. The fourth-order valence-electron chi connectivity index (χ4n) is 6.89. The highest BCUT2D eigenvalue weighted by Gasteiger charge is 2.28. The van der Waals surface area contributed by atoms with Crippen LogP contribution in [-0.2, 0) is 41.8 Å². The number of nitrogens with one attached hydrogen (secondary N) is 2. The fourth-order valence-corrected chi connectivity index (χ4v) is 8.17. The molecule has 4 N–H and O–H groups in total. The molecule has 0 unspecified atom stereocenters. The summed E-state index contributed by atoms with van der Waals surface area (Å²) in [5, 5.41) is 24.9. The minimum atomic E-state index is -1.00. The third kappa shape index (κ3) is 10.4. The highest BCUT2D eigenvalue weighted by Crippen LogP contribution is 2.39. The Labute approximate surface area is 320 Å². The van der Waals surface area contributed by atoms with E-state index >= 15 is 0 Å². The van der Waals surface area contributed by atoms with Crippen LogP contribution in [-0.4, -0.2) is 75.9 Å². The van der Waals surface area contributed by atoms with Gasteiger partial charge in [0.2, 0.25) is 5.91 Å². The van der Waals surface area contributed by atoms with E-state index in [0.29, 0.717) is 21.8 Å². The average molecular weight is 753 g/mol. The van der Waals surface area contributed by atoms with Gasteiger partial charge in [0, 0.05) is 28.7 Å². The van der Waals surface area contributed by atoms with Crippen molar-refractivity contribution in [3.63, 3.8) is 0 Å². The Hall–Kier alpha value is -5.33. The first-order valence-electron chi connectivity index (χ1n) is 18.4. The molecule has 0 atom stereocenters. The van der Waals surface area contributed by atoms with Gasteiger partial charge in [-0.15, -0.1) is 11.3 Å². The van der Waals surface area contributed by atoms with Crippen LogP contribution in [0.4, 0.5) is 10.7 Å². The van der Waals surface area contributed by atoms with Crippen molar-refractivity contribution in [2.45, 2.75) is 77.8 Å². The minimum absolute atomic E-state index is 0.0342. The summed E-state index contributed by atoms with van der Waals surface area (Å²) in [5.74, 6) is -2.77. The molecule has 0 saturated carbocycles. The molecule has 54 heavy (non-hydrogen) atoms. The number of carbonyl (C=O) groups excluding carboxylic acids is 3. The van der Waals surface area contributed by atoms with E-state index in [1.165, 1.54) is 16.2 Å². The molecule has 0 aliphatic heterocycles. The monoisotopic (exact) mass is 752 g/mol. The minimum Gasteiger partial charge on any atom is -0.480 e. The molecule has 4 aromatic rings. The molecule has 0 fully saturated rings. The van der Waals surface area contributed by atoms with Gasteiger partial charge < -0.3 is 25.7 Å². The topological polar surface area (TPSA) is 156 Å². The van der Waals surface area contributed by atoms with E-state index in [0.717, 1.165) is 78.5 Å². The van der Waals surface area contributed by atoms with E-state index in [1.54, 1.807) is 42.3 Å². The first-order valence-corrected chi connectivity index (χ1v) is 19.2. The number of carbonyl (C=O) groups is 5. The maximum absolute atomic E-state index is 13.9. The van der Waals surface area contributed by atoms with Crippen molar-refractivity contribution in [3.8, 4) is 0 Å². The maximum atomic E-state index is 13.9. The van der Waals surface area contributed by atoms with Crippen LogP contribution in [0.25, 0.3) is 0 Å². The van der Waals surface area contributed by atoms with Gasteiger partial charge in [0.05, 0.1) is 24.2 Å². The summed E-state index contributed by atoms with van der Waals surface area (Å²) in [6.07, 6.45) is 6.56. The lowest BCUT2D eigenvalue weighted by molar-refractivity contribution is -0.140. The Morgan fingerprint density at radius 2 is 1.41 bits per heavy atom. The Morgan fingerprint density at radius 1 is 0.759 bits per heavy atom. The Bertz CT molecular complexity index is 1970. The van der Waals surface area contributed by atoms with Crippen molar-refractivity contribution in [2.75, 3.05) is 30.8 Å². The van der Waals surface area contributed by atoms with Gasteiger partial charge in [-0.3, -0.25) is 24.1 Å². The number of hydrogen-bond donors (Lipinski definition) is 4. The summed E-state index contributed by atoms with van der Waals surface area (Å²) >= 11 is 1.45. The van der Waals surface area contributed by atoms with Crippen LogP contribution in [0.15, 0.2) is 72.8 Å². The first-order chi connectivity index (χ1) is 25.9. The summed E-state index contributed by atoms with van der Waals surface area (Å²) in [6, 6.07) is 21.6. The number of aryl methyl sites for hydroxylation is 3. The largest absolute Gasteiger partial charge is 0.480 e. The van der Waals surface area contributed by atoms with Gasteiger partial charge in [-0.05, 0) is 117 Å². The normalized spacial score (nSPS) is 12.3. The SMILES string of the molecule is CCC(CC)N(Cc1cccc(C(=O)Nc2sc3c(c2C(=O)Nc2ccc(CCc4ccc(C(=O)O)cc4)cc2)CCCC3)c1)C(=O)CN(C)CC(=O)O. The number of aliphatic carboxylic acids is 1. The van der Waals surface area contributed by atoms with Gasteiger partial charge in [-0.25, -0.2) is 4.79 Å². The zero-order chi connectivity index (χ0) is 38.8. The molecule has 0 bridgehead atoms. The zero-order valence-electron chi connectivity index (χ0n) is 31.0. The predicted molar refractivity (Wildman–Crippen MR) is 211 cm³/mol. The summed E-state index contributed by atoms with van der Waals surface area (Å²) in [7, 11) is 1.60. The number of amides is 3. The molecule has 5 rings (SSSR count). The Morgan fingerprint density at radius 3 is 2.04 bits per heavy atom. The number of anilines is 2. The van der Waals surface area contributed by atoms with E-state index in [9.17, 15) is 24.0 Å². The molecule has 1 aliphatic rings. The number of carboxylic acid groups (broad SMARTS) is 2. The van der Waals surface area contributed by atoms with E-state index < -0.39 is 11.9 Å². The second-order valence-corrected chi connectivity index (χ2v) is 14.9. The molecule has 0 saturated heterocycles. The molecule has 1 aromatic heterocycles. The van der Waals surface area contributed by atoms with Crippen molar-refractivity contribution < 1.29 is 34.2 Å². The second-order valence-electron chi connectivity index (χ2n) is 13.8. The van der Waals surface area contributed by atoms with Crippen molar-refractivity contribution in [1.82, 2.24) is 9.80 Å². The van der Waals surface area contributed by atoms with Gasteiger partial charge in [-0.2, -0.15) is 0 Å². The third-order valence-corrected chi connectivity index (χ3v) is 11.0. The number of carboxylic acids is 2. The molecule has 1 aliphatic carbocycles. The predicted octanol–water partition coefficient (Wildman–Crippen LogP) is 7.15. The standard InChI is InChI=1S/C42H48N4O7S/c1-4-33(5-2)46(36(47)25-45(3)26-37(48)49)24-29-9-8-10-31(23-29)39(50)44-41-38(34-11-6-7-12-35(34)54-41)40(51)43-32-21-17-28(18-22-32)14-13-27-15-19-30(20-16-27)42(52)53/h8-10,15-23,33H,4-7,11-14,24-26H2,1-3H3,(H,43,51)(H,44,50)(H,48,49)(H,52,53). The molecule has 1 heterocycles. The lowest BCUT2D eigenvalue weighted by atomic mass is 9.95. The van der Waals surface area contributed by atoms with Gasteiger partial charge >= 0.3 is 11.9 Å². The fraction of sp³-hybridized carbons (Fsp3) is 0.357. The lowest BCUT2D eigenvalue weighted by Gasteiger charge is -2.32. The second kappa shape index (κ2) is 18.6. The molecule has 3 amide bonds. The molecule has 11 nitrogen and oxygen atoms in total. The Kier molecular flexibility index (Phi) is 13.7. The van der Waals surface area contributed by atoms with Gasteiger partial charge in [0.15, 0.2) is 0 Å². The summed E-state index contributed by atoms with van der Waals surface area (Å²) < 4.78 is 0. The summed E-state index contributed by atoms with van der Waals surface area (Å²) in [4.78, 5) is 67.7. The van der Waals surface area contributed by atoms with E-state index in [2.05, 4.69) is 10.6 Å². The number of hydrogen-bond acceptors (Lipinski definition) is 7. The van der Waals surface area contributed by atoms with Crippen molar-refractivity contribution in [2.24, 2.45) is 0 Å². The van der Waals surface area contributed by atoms with Gasteiger partial charge in [0.1, 0.15) is 5.00 Å². The molecule has 284 valence electrons. The average Bonchev–Trinajstić information content (AvgIpc) is 3.52. The quantitative estimate of drug-likeness (QED) is 0.0887. The van der Waals surface area contributed by atoms with Crippen LogP contribution in [0.2, 0.25) is 0 Å². The van der Waals surface area contributed by atoms with Crippen LogP contribution in [0.5, 0.6) is 0 Å². The number of fused-ring (bicyclic) bond motifs is 1. The van der Waals surface area contributed by atoms with Crippen molar-refractivity contribution in [1.29, 1.82) is 0 Å². The van der Waals surface area contributed by atoms with Crippen molar-refractivity contribution in [3.05, 3.63) is 117 Å². The Balaban J connectivity index is 1.28. The third-order valence-electron chi connectivity index (χ3n) is 9.80. The number of likely N-dealkylation sites (N-methyl/N-ethyl adjacent to an activating group) is 1. The highest BCUT2D eigenvalue weighted by molar-refractivity contribution is 7.17. The van der Waals surface area contributed by atoms with E-state index in [-0.39, 0.29) is 49.0 Å². The molecule has 0 spiro atoms. The molecule has 3 aromatic carbocycles. The molecular formula is C42H48N4O7S. The molecular weight excluding hydrogens is 705 g/mol. The van der Waals surface area contributed by atoms with Crippen LogP contribution >= 0.6 is 11.3 Å². The van der Waals surface area contributed by atoms with Crippen molar-refractivity contribution >= 4 is 51.7 Å². The molecule has 12 heteroatoms. The van der Waals surface area contributed by atoms with Crippen LogP contribution < -0.4 is 10.6 Å². The number of thiophene rings is 1. The number of benzene rings is 3. The summed E-state index contributed by atoms with van der Waals surface area (Å²) in [6.45, 7) is 4.02. The summed E-state index contributed by atoms with van der Waals surface area (Å²) in [5.41, 5.74) is 5.66. The van der Waals surface area contributed by atoms with Gasteiger partial charge in [-0.1, -0.05) is 50.2 Å². The number of aromatic carboxylic acids is 1.